The van der Waals surface area contributed by atoms with E-state index in [4.69, 9.17) is 16.6 Å². The van der Waals surface area contributed by atoms with Gasteiger partial charge in [0.25, 0.3) is 5.69 Å². The Balaban J connectivity index is 2.57. The summed E-state index contributed by atoms with van der Waals surface area (Å²) in [4.78, 5) is 24.1. The summed E-state index contributed by atoms with van der Waals surface area (Å²) in [6.07, 6.45) is 1.51. The van der Waals surface area contributed by atoms with Crippen molar-refractivity contribution in [3.05, 3.63) is 34.0 Å². The number of benzene rings is 1. The molecule has 0 saturated heterocycles. The van der Waals surface area contributed by atoms with Crippen LogP contribution in [0.1, 0.15) is 5.56 Å². The fourth-order valence-corrected chi connectivity index (χ4v) is 1.97. The third kappa shape index (κ3) is 2.33. The minimum Gasteiger partial charge on any atom is -0.480 e. The normalized spacial score (nSPS) is 12.5. The number of aromatic nitrogens is 1. The van der Waals surface area contributed by atoms with Gasteiger partial charge in [-0.05, 0) is 11.6 Å². The Kier molecular flexibility index (Phi) is 3.09. The summed E-state index contributed by atoms with van der Waals surface area (Å²) in [5.74, 6) is -1.16. The lowest BCUT2D eigenvalue weighted by Gasteiger charge is -2.05. The number of nitrogens with two attached hydrogens (primary N) is 2. The molecule has 8 nitrogen and oxygen atoms in total. The van der Waals surface area contributed by atoms with Crippen molar-refractivity contribution in [3.63, 3.8) is 0 Å². The third-order valence-electron chi connectivity index (χ3n) is 2.82. The fraction of sp³-hybridized carbons (Fsp3) is 0.182. The third-order valence-corrected chi connectivity index (χ3v) is 2.82. The maximum atomic E-state index is 11.0. The van der Waals surface area contributed by atoms with E-state index < -0.39 is 16.9 Å². The van der Waals surface area contributed by atoms with Gasteiger partial charge in [-0.25, -0.2) is 0 Å². The number of nitrogens with zero attached hydrogens (tertiary/aromatic N) is 1. The molecule has 100 valence electrons. The quantitative estimate of drug-likeness (QED) is 0.361. The maximum absolute atomic E-state index is 11.0. The highest BCUT2D eigenvalue weighted by Gasteiger charge is 2.21. The second kappa shape index (κ2) is 4.58. The second-order valence-corrected chi connectivity index (χ2v) is 4.18. The molecule has 2 aromatic rings. The zero-order valence-corrected chi connectivity index (χ0v) is 9.79. The summed E-state index contributed by atoms with van der Waals surface area (Å²) in [5, 5.41) is 20.2. The zero-order valence-electron chi connectivity index (χ0n) is 9.79. The number of H-pyrrole nitrogens is 1. The number of nitrogen functional groups attached to an aromatic ring is 1. The van der Waals surface area contributed by atoms with Crippen LogP contribution >= 0.6 is 0 Å². The van der Waals surface area contributed by atoms with Gasteiger partial charge in [0.05, 0.1) is 15.8 Å². The van der Waals surface area contributed by atoms with Gasteiger partial charge in [-0.2, -0.15) is 0 Å². The van der Waals surface area contributed by atoms with E-state index in [9.17, 15) is 14.9 Å². The van der Waals surface area contributed by atoms with Crippen molar-refractivity contribution >= 4 is 28.2 Å². The van der Waals surface area contributed by atoms with E-state index in [0.717, 1.165) is 0 Å². The lowest BCUT2D eigenvalue weighted by atomic mass is 10.0. The standard InChI is InChI=1S/C11H12N4O4/c12-6-2-8-10(9(3-6)15(18)19)5(4-14-8)1-7(13)11(16)17/h2-4,7,14H,1,12-13H2,(H,16,17)/t7-/m0/s1. The van der Waals surface area contributed by atoms with Crippen molar-refractivity contribution in [2.45, 2.75) is 12.5 Å². The van der Waals surface area contributed by atoms with Crippen molar-refractivity contribution in [1.29, 1.82) is 0 Å². The smallest absolute Gasteiger partial charge is 0.320 e. The molecule has 8 heteroatoms. The van der Waals surface area contributed by atoms with Crippen molar-refractivity contribution in [1.82, 2.24) is 4.98 Å². The molecule has 1 heterocycles. The maximum Gasteiger partial charge on any atom is 0.320 e. The van der Waals surface area contributed by atoms with Crippen LogP contribution in [0.2, 0.25) is 0 Å². The topological polar surface area (TPSA) is 148 Å². The van der Waals surface area contributed by atoms with Crippen molar-refractivity contribution in [2.75, 3.05) is 5.73 Å². The number of nitro benzene ring substituents is 1. The number of carbonyl (C=O) groups is 1. The summed E-state index contributed by atoms with van der Waals surface area (Å²) in [5.41, 5.74) is 12.1. The Morgan fingerprint density at radius 2 is 2.21 bits per heavy atom. The lowest BCUT2D eigenvalue weighted by molar-refractivity contribution is -0.383. The summed E-state index contributed by atoms with van der Waals surface area (Å²) in [6.45, 7) is 0. The molecule has 0 aliphatic rings. The molecule has 0 saturated carbocycles. The van der Waals surface area contributed by atoms with Gasteiger partial charge in [0.2, 0.25) is 0 Å². The molecule has 0 amide bonds. The lowest BCUT2D eigenvalue weighted by Crippen LogP contribution is -2.32. The predicted molar refractivity (Wildman–Crippen MR) is 68.7 cm³/mol. The Morgan fingerprint density at radius 1 is 1.53 bits per heavy atom. The van der Waals surface area contributed by atoms with Crippen LogP contribution in [-0.2, 0) is 11.2 Å². The van der Waals surface area contributed by atoms with Gasteiger partial charge in [-0.15, -0.1) is 0 Å². The SMILES string of the molecule is Nc1cc([N+](=O)[O-])c2c(C[C@H](N)C(=O)O)c[nH]c2c1. The number of fused-ring (bicyclic) bond motifs is 1. The summed E-state index contributed by atoms with van der Waals surface area (Å²) < 4.78 is 0. The first-order valence-electron chi connectivity index (χ1n) is 5.42. The van der Waals surface area contributed by atoms with E-state index in [1.807, 2.05) is 0 Å². The van der Waals surface area contributed by atoms with E-state index in [0.29, 0.717) is 16.5 Å². The molecular formula is C11H12N4O4. The highest BCUT2D eigenvalue weighted by molar-refractivity contribution is 5.94. The highest BCUT2D eigenvalue weighted by atomic mass is 16.6. The van der Waals surface area contributed by atoms with E-state index in [1.54, 1.807) is 6.07 Å². The van der Waals surface area contributed by atoms with Gasteiger partial charge in [-0.1, -0.05) is 0 Å². The van der Waals surface area contributed by atoms with E-state index >= 15 is 0 Å². The minimum absolute atomic E-state index is 0.0000907. The molecule has 0 radical (unpaired) electrons. The summed E-state index contributed by atoms with van der Waals surface area (Å²) in [6, 6.07) is 1.68. The van der Waals surface area contributed by atoms with Crippen molar-refractivity contribution < 1.29 is 14.8 Å². The van der Waals surface area contributed by atoms with Crippen LogP contribution in [0.3, 0.4) is 0 Å². The number of nitro groups is 1. The molecule has 0 spiro atoms. The molecule has 1 aromatic carbocycles. The van der Waals surface area contributed by atoms with E-state index in [2.05, 4.69) is 4.98 Å². The van der Waals surface area contributed by atoms with Crippen LogP contribution in [0.25, 0.3) is 10.9 Å². The fourth-order valence-electron chi connectivity index (χ4n) is 1.97. The number of carboxylic acid groups (broad SMARTS) is 1. The zero-order chi connectivity index (χ0) is 14.2. The average Bonchev–Trinajstić information content (AvgIpc) is 2.70. The number of hydrogen-bond donors (Lipinski definition) is 4. The van der Waals surface area contributed by atoms with Gasteiger partial charge >= 0.3 is 5.97 Å². The Morgan fingerprint density at radius 3 is 2.79 bits per heavy atom. The number of rotatable bonds is 4. The number of nitrogens with one attached hydrogen (secondary N) is 1. The van der Waals surface area contributed by atoms with Gasteiger partial charge in [0.1, 0.15) is 6.04 Å². The number of aliphatic carboxylic acids is 1. The highest BCUT2D eigenvalue weighted by Crippen LogP contribution is 2.31. The largest absolute Gasteiger partial charge is 0.480 e. The summed E-state index contributed by atoms with van der Waals surface area (Å²) >= 11 is 0. The van der Waals surface area contributed by atoms with Crippen LogP contribution in [0.15, 0.2) is 18.3 Å². The number of aromatic amines is 1. The molecule has 0 aliphatic carbocycles. The predicted octanol–water partition coefficient (Wildman–Crippen LogP) is 0.613. The first-order valence-corrected chi connectivity index (χ1v) is 5.42. The van der Waals surface area contributed by atoms with Crippen LogP contribution < -0.4 is 11.5 Å². The van der Waals surface area contributed by atoms with Crippen LogP contribution in [0.4, 0.5) is 11.4 Å². The Hall–Kier alpha value is -2.61. The number of anilines is 1. The average molecular weight is 264 g/mol. The molecular weight excluding hydrogens is 252 g/mol. The van der Waals surface area contributed by atoms with Gasteiger partial charge < -0.3 is 21.6 Å². The first-order chi connectivity index (χ1) is 8.90. The molecule has 0 aliphatic heterocycles. The monoisotopic (exact) mass is 264 g/mol. The summed E-state index contributed by atoms with van der Waals surface area (Å²) in [7, 11) is 0. The number of non-ortho nitro benzene ring substituents is 1. The van der Waals surface area contributed by atoms with E-state index in [1.165, 1.54) is 12.3 Å². The minimum atomic E-state index is -1.16. The molecule has 0 bridgehead atoms. The molecule has 0 fully saturated rings. The second-order valence-electron chi connectivity index (χ2n) is 4.18. The molecule has 2 rings (SSSR count). The first kappa shape index (κ1) is 12.8. The number of carboxylic acids is 1. The molecule has 1 aromatic heterocycles. The van der Waals surface area contributed by atoms with Crippen LogP contribution in [0.5, 0.6) is 0 Å². The Labute approximate surface area is 107 Å². The van der Waals surface area contributed by atoms with Crippen LogP contribution in [-0.4, -0.2) is 27.0 Å². The molecule has 19 heavy (non-hydrogen) atoms. The van der Waals surface area contributed by atoms with E-state index in [-0.39, 0.29) is 17.8 Å². The molecule has 6 N–H and O–H groups in total. The number of hydrogen-bond acceptors (Lipinski definition) is 5. The van der Waals surface area contributed by atoms with Gasteiger partial charge in [0, 0.05) is 24.4 Å². The van der Waals surface area contributed by atoms with Gasteiger partial charge in [0.15, 0.2) is 0 Å². The Bertz CT molecular complexity index is 664. The van der Waals surface area contributed by atoms with Crippen molar-refractivity contribution in [2.24, 2.45) is 5.73 Å². The van der Waals surface area contributed by atoms with Crippen LogP contribution in [0, 0.1) is 10.1 Å². The molecule has 0 unspecified atom stereocenters. The van der Waals surface area contributed by atoms with Gasteiger partial charge in [-0.3, -0.25) is 14.9 Å². The van der Waals surface area contributed by atoms with Crippen molar-refractivity contribution in [3.8, 4) is 0 Å². The molecule has 1 atom stereocenters.